The van der Waals surface area contributed by atoms with Gasteiger partial charge in [-0.1, -0.05) is 13.8 Å². The predicted octanol–water partition coefficient (Wildman–Crippen LogP) is 1.65. The second kappa shape index (κ2) is 10.4. The molecule has 0 spiro atoms. The van der Waals surface area contributed by atoms with Crippen molar-refractivity contribution >= 4 is 35.9 Å². The molecule has 2 aliphatic heterocycles. The Balaban J connectivity index is 0.00000288. The monoisotopic (exact) mass is 452 g/mol. The Bertz CT molecular complexity index is 433. The highest BCUT2D eigenvalue weighted by Gasteiger charge is 2.36. The lowest BCUT2D eigenvalue weighted by molar-refractivity contribution is -0.145. The van der Waals surface area contributed by atoms with Gasteiger partial charge in [-0.05, 0) is 31.2 Å². The van der Waals surface area contributed by atoms with Crippen LogP contribution in [0.5, 0.6) is 0 Å². The van der Waals surface area contributed by atoms with Crippen molar-refractivity contribution in [1.29, 1.82) is 0 Å². The van der Waals surface area contributed by atoms with Gasteiger partial charge in [0.15, 0.2) is 5.96 Å². The molecule has 2 fully saturated rings. The zero-order chi connectivity index (χ0) is 16.8. The van der Waals surface area contributed by atoms with E-state index >= 15 is 0 Å². The number of aliphatic imine (C=N–C) groups is 1. The molecule has 0 radical (unpaired) electrons. The number of guanidine groups is 1. The average Bonchev–Trinajstić information content (AvgIpc) is 2.92. The van der Waals surface area contributed by atoms with E-state index in [-0.39, 0.29) is 35.9 Å². The summed E-state index contributed by atoms with van der Waals surface area (Å²) in [7, 11) is 3.27. The summed E-state index contributed by atoms with van der Waals surface area (Å²) in [4.78, 5) is 20.9. The number of likely N-dealkylation sites (tertiary alicyclic amines) is 2. The zero-order valence-corrected chi connectivity index (χ0v) is 17.8. The summed E-state index contributed by atoms with van der Waals surface area (Å²) in [6.45, 7) is 10.3. The summed E-state index contributed by atoms with van der Waals surface area (Å²) >= 11 is 0. The van der Waals surface area contributed by atoms with Gasteiger partial charge in [-0.25, -0.2) is 0 Å². The standard InChI is InChI=1S/C17H32N4O2.HI/c1-13-6-5-8-20(10-13)9-7-19-17(18-3)21-11-14(2)15(12-21)16(22)23-4;/h13-15H,5-12H2,1-4H3,(H,18,19);1H. The van der Waals surface area contributed by atoms with Crippen LogP contribution < -0.4 is 5.32 Å². The molecule has 0 aliphatic carbocycles. The molecular formula is C17H33IN4O2. The van der Waals surface area contributed by atoms with Gasteiger partial charge in [0.1, 0.15) is 0 Å². The molecule has 0 aromatic heterocycles. The van der Waals surface area contributed by atoms with E-state index in [2.05, 4.69) is 34.0 Å². The molecule has 0 aromatic carbocycles. The molecule has 2 saturated heterocycles. The smallest absolute Gasteiger partial charge is 0.310 e. The van der Waals surface area contributed by atoms with Crippen LogP contribution in [0.1, 0.15) is 26.7 Å². The Morgan fingerprint density at radius 1 is 1.29 bits per heavy atom. The van der Waals surface area contributed by atoms with Crippen molar-refractivity contribution in [2.45, 2.75) is 26.7 Å². The molecule has 2 heterocycles. The van der Waals surface area contributed by atoms with Crippen molar-refractivity contribution in [3.8, 4) is 0 Å². The summed E-state index contributed by atoms with van der Waals surface area (Å²) < 4.78 is 4.90. The van der Waals surface area contributed by atoms with Gasteiger partial charge < -0.3 is 19.9 Å². The van der Waals surface area contributed by atoms with Gasteiger partial charge in [0.2, 0.25) is 0 Å². The lowest BCUT2D eigenvalue weighted by Gasteiger charge is -2.31. The number of ether oxygens (including phenoxy) is 1. The van der Waals surface area contributed by atoms with Crippen molar-refractivity contribution in [1.82, 2.24) is 15.1 Å². The SMILES string of the molecule is CN=C(NCCN1CCCC(C)C1)N1CC(C)C(C(=O)OC)C1.I. The Kier molecular flexibility index (Phi) is 9.33. The number of hydrogen-bond acceptors (Lipinski definition) is 4. The lowest BCUT2D eigenvalue weighted by Crippen LogP contribution is -2.45. The summed E-state index contributed by atoms with van der Waals surface area (Å²) in [5, 5.41) is 3.45. The van der Waals surface area contributed by atoms with E-state index in [1.807, 2.05) is 0 Å². The van der Waals surface area contributed by atoms with Gasteiger partial charge in [-0.2, -0.15) is 0 Å². The largest absolute Gasteiger partial charge is 0.469 e. The summed E-state index contributed by atoms with van der Waals surface area (Å²) in [6, 6.07) is 0. The second-order valence-corrected chi connectivity index (χ2v) is 7.03. The minimum absolute atomic E-state index is 0. The Morgan fingerprint density at radius 2 is 2.04 bits per heavy atom. The van der Waals surface area contributed by atoms with E-state index in [9.17, 15) is 4.79 Å². The Labute approximate surface area is 163 Å². The van der Waals surface area contributed by atoms with Crippen LogP contribution in [0.3, 0.4) is 0 Å². The maximum atomic E-state index is 11.8. The molecular weight excluding hydrogens is 419 g/mol. The van der Waals surface area contributed by atoms with Gasteiger partial charge in [0, 0.05) is 39.8 Å². The minimum atomic E-state index is -0.113. The van der Waals surface area contributed by atoms with E-state index in [1.54, 1.807) is 7.05 Å². The third kappa shape index (κ3) is 5.75. The number of esters is 1. The third-order valence-electron chi connectivity index (χ3n) is 5.08. The molecule has 3 unspecified atom stereocenters. The maximum absolute atomic E-state index is 11.8. The molecule has 2 rings (SSSR count). The van der Waals surface area contributed by atoms with E-state index in [4.69, 9.17) is 4.74 Å². The maximum Gasteiger partial charge on any atom is 0.310 e. The van der Waals surface area contributed by atoms with E-state index in [0.717, 1.165) is 31.5 Å². The molecule has 0 aromatic rings. The molecule has 7 heteroatoms. The fourth-order valence-corrected chi connectivity index (χ4v) is 3.75. The average molecular weight is 452 g/mol. The number of carbonyl (C=O) groups is 1. The first kappa shape index (κ1) is 21.5. The van der Waals surface area contributed by atoms with Gasteiger partial charge in [0.25, 0.3) is 0 Å². The predicted molar refractivity (Wildman–Crippen MR) is 108 cm³/mol. The molecule has 140 valence electrons. The molecule has 2 aliphatic rings. The van der Waals surface area contributed by atoms with E-state index in [1.165, 1.54) is 33.0 Å². The number of halogens is 1. The van der Waals surface area contributed by atoms with Crippen molar-refractivity contribution in [3.63, 3.8) is 0 Å². The first-order valence-electron chi connectivity index (χ1n) is 8.81. The first-order chi connectivity index (χ1) is 11.0. The van der Waals surface area contributed by atoms with Crippen LogP contribution in [-0.2, 0) is 9.53 Å². The highest BCUT2D eigenvalue weighted by atomic mass is 127. The van der Waals surface area contributed by atoms with Crippen LogP contribution in [0.25, 0.3) is 0 Å². The quantitative estimate of drug-likeness (QED) is 0.304. The van der Waals surface area contributed by atoms with Crippen molar-refractivity contribution in [2.75, 3.05) is 53.4 Å². The summed E-state index contributed by atoms with van der Waals surface area (Å²) in [5.41, 5.74) is 0. The highest BCUT2D eigenvalue weighted by Crippen LogP contribution is 2.24. The second-order valence-electron chi connectivity index (χ2n) is 7.03. The first-order valence-corrected chi connectivity index (χ1v) is 8.81. The van der Waals surface area contributed by atoms with E-state index in [0.29, 0.717) is 12.5 Å². The summed E-state index contributed by atoms with van der Waals surface area (Å²) in [6.07, 6.45) is 2.66. The van der Waals surface area contributed by atoms with Crippen LogP contribution in [0.2, 0.25) is 0 Å². The highest BCUT2D eigenvalue weighted by molar-refractivity contribution is 14.0. The number of hydrogen-bond donors (Lipinski definition) is 1. The molecule has 0 bridgehead atoms. The fourth-order valence-electron chi connectivity index (χ4n) is 3.75. The number of nitrogens with one attached hydrogen (secondary N) is 1. The normalized spacial score (nSPS) is 28.4. The fraction of sp³-hybridized carbons (Fsp3) is 0.882. The number of methoxy groups -OCH3 is 1. The van der Waals surface area contributed by atoms with Crippen LogP contribution in [0, 0.1) is 17.8 Å². The van der Waals surface area contributed by atoms with Gasteiger partial charge >= 0.3 is 5.97 Å². The number of carbonyl (C=O) groups excluding carboxylic acids is 1. The summed E-state index contributed by atoms with van der Waals surface area (Å²) in [5.74, 6) is 1.83. The number of nitrogens with zero attached hydrogens (tertiary/aromatic N) is 3. The Morgan fingerprint density at radius 3 is 2.67 bits per heavy atom. The van der Waals surface area contributed by atoms with Gasteiger partial charge in [0.05, 0.1) is 13.0 Å². The molecule has 3 atom stereocenters. The van der Waals surface area contributed by atoms with Crippen molar-refractivity contribution in [3.05, 3.63) is 0 Å². The van der Waals surface area contributed by atoms with Crippen LogP contribution >= 0.6 is 24.0 Å². The van der Waals surface area contributed by atoms with Crippen LogP contribution in [0.4, 0.5) is 0 Å². The molecule has 0 saturated carbocycles. The zero-order valence-electron chi connectivity index (χ0n) is 15.5. The molecule has 1 N–H and O–H groups in total. The Hall–Kier alpha value is -0.570. The van der Waals surface area contributed by atoms with Gasteiger partial charge in [-0.3, -0.25) is 9.79 Å². The number of rotatable bonds is 4. The topological polar surface area (TPSA) is 57.2 Å². The van der Waals surface area contributed by atoms with Crippen molar-refractivity contribution in [2.24, 2.45) is 22.7 Å². The van der Waals surface area contributed by atoms with Crippen LogP contribution in [0.15, 0.2) is 4.99 Å². The molecule has 0 amide bonds. The minimum Gasteiger partial charge on any atom is -0.469 e. The molecule has 6 nitrogen and oxygen atoms in total. The number of piperidine rings is 1. The molecule has 24 heavy (non-hydrogen) atoms. The van der Waals surface area contributed by atoms with Crippen LogP contribution in [-0.4, -0.2) is 75.2 Å². The van der Waals surface area contributed by atoms with Crippen molar-refractivity contribution < 1.29 is 9.53 Å². The van der Waals surface area contributed by atoms with E-state index < -0.39 is 0 Å². The lowest BCUT2D eigenvalue weighted by atomic mass is 9.99. The third-order valence-corrected chi connectivity index (χ3v) is 5.08. The van der Waals surface area contributed by atoms with Gasteiger partial charge in [-0.15, -0.1) is 24.0 Å².